The Kier molecular flexibility index (Phi) is 6.32. The van der Waals surface area contributed by atoms with Gasteiger partial charge in [0.2, 0.25) is 0 Å². The SMILES string of the molecule is c1ccc(CCCN2CCCN(c3cc([C@@H]4CCOC4)ncn3)CC2)cc1. The lowest BCUT2D eigenvalue weighted by Gasteiger charge is -2.23. The highest BCUT2D eigenvalue weighted by Crippen LogP contribution is 2.25. The molecule has 144 valence electrons. The Morgan fingerprint density at radius 3 is 2.81 bits per heavy atom. The smallest absolute Gasteiger partial charge is 0.132 e. The summed E-state index contributed by atoms with van der Waals surface area (Å²) in [6, 6.07) is 13.0. The van der Waals surface area contributed by atoms with Gasteiger partial charge in [0.15, 0.2) is 0 Å². The van der Waals surface area contributed by atoms with E-state index in [4.69, 9.17) is 4.74 Å². The molecular formula is C22H30N4O. The number of benzene rings is 1. The van der Waals surface area contributed by atoms with E-state index in [1.165, 1.54) is 37.9 Å². The summed E-state index contributed by atoms with van der Waals surface area (Å²) in [5.74, 6) is 1.52. The fourth-order valence-corrected chi connectivity index (χ4v) is 4.10. The summed E-state index contributed by atoms with van der Waals surface area (Å²) in [6.45, 7) is 7.24. The second kappa shape index (κ2) is 9.29. The average Bonchev–Trinajstić information content (AvgIpc) is 3.16. The van der Waals surface area contributed by atoms with Crippen molar-refractivity contribution in [2.75, 3.05) is 50.8 Å². The largest absolute Gasteiger partial charge is 0.381 e. The standard InChI is InChI=1S/C22H30N4O/c1-2-6-19(7-3-1)8-4-10-25-11-5-12-26(14-13-25)22-16-21(23-18-24-22)20-9-15-27-17-20/h1-3,6-7,16,18,20H,4-5,8-15,17H2/t20-/m1/s1. The van der Waals surface area contributed by atoms with Crippen molar-refractivity contribution in [1.82, 2.24) is 14.9 Å². The van der Waals surface area contributed by atoms with Crippen LogP contribution in [0.25, 0.3) is 0 Å². The lowest BCUT2D eigenvalue weighted by Crippen LogP contribution is -2.32. The first kappa shape index (κ1) is 18.4. The molecule has 0 radical (unpaired) electrons. The minimum atomic E-state index is 0.438. The molecule has 3 heterocycles. The second-order valence-corrected chi connectivity index (χ2v) is 7.63. The predicted octanol–water partition coefficient (Wildman–Crippen LogP) is 3.13. The summed E-state index contributed by atoms with van der Waals surface area (Å²) in [6.07, 6.45) is 6.39. The molecule has 0 unspecified atom stereocenters. The van der Waals surface area contributed by atoms with Crippen LogP contribution in [0.1, 0.15) is 36.4 Å². The van der Waals surface area contributed by atoms with Gasteiger partial charge in [-0.2, -0.15) is 0 Å². The Bertz CT molecular complexity index is 702. The molecule has 0 saturated carbocycles. The van der Waals surface area contributed by atoms with E-state index in [1.807, 2.05) is 0 Å². The first-order valence-corrected chi connectivity index (χ1v) is 10.3. The van der Waals surface area contributed by atoms with Crippen LogP contribution in [0.2, 0.25) is 0 Å². The van der Waals surface area contributed by atoms with Crippen LogP contribution in [-0.2, 0) is 11.2 Å². The van der Waals surface area contributed by atoms with Gasteiger partial charge in [0.1, 0.15) is 12.1 Å². The molecule has 0 amide bonds. The minimum Gasteiger partial charge on any atom is -0.381 e. The lowest BCUT2D eigenvalue weighted by molar-refractivity contribution is 0.193. The average molecular weight is 367 g/mol. The van der Waals surface area contributed by atoms with Crippen LogP contribution in [0.5, 0.6) is 0 Å². The number of hydrogen-bond acceptors (Lipinski definition) is 5. The van der Waals surface area contributed by atoms with E-state index in [0.717, 1.165) is 50.8 Å². The number of anilines is 1. The van der Waals surface area contributed by atoms with Gasteiger partial charge >= 0.3 is 0 Å². The van der Waals surface area contributed by atoms with Gasteiger partial charge in [0.25, 0.3) is 0 Å². The molecule has 2 aliphatic rings. The molecule has 2 fully saturated rings. The second-order valence-electron chi connectivity index (χ2n) is 7.63. The summed E-state index contributed by atoms with van der Waals surface area (Å²) >= 11 is 0. The van der Waals surface area contributed by atoms with Gasteiger partial charge in [-0.15, -0.1) is 0 Å². The van der Waals surface area contributed by atoms with Gasteiger partial charge in [-0.05, 0) is 44.3 Å². The van der Waals surface area contributed by atoms with E-state index in [2.05, 4.69) is 56.2 Å². The summed E-state index contributed by atoms with van der Waals surface area (Å²) in [5, 5.41) is 0. The molecular weight excluding hydrogens is 336 g/mol. The highest BCUT2D eigenvalue weighted by Gasteiger charge is 2.21. The molecule has 2 aromatic rings. The van der Waals surface area contributed by atoms with Crippen molar-refractivity contribution in [3.63, 3.8) is 0 Å². The maximum Gasteiger partial charge on any atom is 0.132 e. The number of aryl methyl sites for hydroxylation is 1. The molecule has 0 N–H and O–H groups in total. The zero-order valence-corrected chi connectivity index (χ0v) is 16.1. The Labute approximate surface area is 162 Å². The van der Waals surface area contributed by atoms with Crippen molar-refractivity contribution < 1.29 is 4.74 Å². The van der Waals surface area contributed by atoms with Crippen LogP contribution in [0.3, 0.4) is 0 Å². The maximum absolute atomic E-state index is 5.52. The summed E-state index contributed by atoms with van der Waals surface area (Å²) < 4.78 is 5.52. The van der Waals surface area contributed by atoms with Crippen LogP contribution in [0, 0.1) is 0 Å². The summed E-state index contributed by atoms with van der Waals surface area (Å²) in [4.78, 5) is 14.1. The fourth-order valence-electron chi connectivity index (χ4n) is 4.10. The summed E-state index contributed by atoms with van der Waals surface area (Å²) in [5.41, 5.74) is 2.58. The molecule has 2 saturated heterocycles. The van der Waals surface area contributed by atoms with Crippen LogP contribution >= 0.6 is 0 Å². The molecule has 27 heavy (non-hydrogen) atoms. The molecule has 1 atom stereocenters. The third-order valence-corrected chi connectivity index (χ3v) is 5.72. The topological polar surface area (TPSA) is 41.5 Å². The number of aromatic nitrogens is 2. The molecule has 1 aromatic heterocycles. The van der Waals surface area contributed by atoms with E-state index in [-0.39, 0.29) is 0 Å². The van der Waals surface area contributed by atoms with Crippen LogP contribution in [-0.4, -0.2) is 60.8 Å². The Balaban J connectivity index is 1.28. The van der Waals surface area contributed by atoms with Crippen molar-refractivity contribution >= 4 is 5.82 Å². The van der Waals surface area contributed by atoms with E-state index in [9.17, 15) is 0 Å². The lowest BCUT2D eigenvalue weighted by atomic mass is 10.0. The Morgan fingerprint density at radius 1 is 1.04 bits per heavy atom. The zero-order valence-electron chi connectivity index (χ0n) is 16.1. The minimum absolute atomic E-state index is 0.438. The predicted molar refractivity (Wildman–Crippen MR) is 108 cm³/mol. The highest BCUT2D eigenvalue weighted by molar-refractivity contribution is 5.40. The van der Waals surface area contributed by atoms with Gasteiger partial charge in [0, 0.05) is 38.2 Å². The maximum atomic E-state index is 5.52. The van der Waals surface area contributed by atoms with Gasteiger partial charge in [-0.3, -0.25) is 0 Å². The Hall–Kier alpha value is -1.98. The van der Waals surface area contributed by atoms with Crippen molar-refractivity contribution in [2.45, 2.75) is 31.6 Å². The zero-order chi connectivity index (χ0) is 18.3. The number of ether oxygens (including phenoxy) is 1. The van der Waals surface area contributed by atoms with E-state index in [1.54, 1.807) is 6.33 Å². The van der Waals surface area contributed by atoms with Gasteiger partial charge in [-0.25, -0.2) is 9.97 Å². The molecule has 5 heteroatoms. The first-order valence-electron chi connectivity index (χ1n) is 10.3. The quantitative estimate of drug-likeness (QED) is 0.786. The molecule has 2 aliphatic heterocycles. The third-order valence-electron chi connectivity index (χ3n) is 5.72. The van der Waals surface area contributed by atoms with Crippen LogP contribution in [0.15, 0.2) is 42.7 Å². The molecule has 1 aromatic carbocycles. The van der Waals surface area contributed by atoms with Crippen LogP contribution in [0.4, 0.5) is 5.82 Å². The fraction of sp³-hybridized carbons (Fsp3) is 0.545. The van der Waals surface area contributed by atoms with Gasteiger partial charge in [0.05, 0.1) is 12.3 Å². The van der Waals surface area contributed by atoms with E-state index >= 15 is 0 Å². The molecule has 0 spiro atoms. The Morgan fingerprint density at radius 2 is 1.96 bits per heavy atom. The highest BCUT2D eigenvalue weighted by atomic mass is 16.5. The van der Waals surface area contributed by atoms with Crippen molar-refractivity contribution in [3.05, 3.63) is 54.0 Å². The monoisotopic (exact) mass is 366 g/mol. The van der Waals surface area contributed by atoms with Crippen molar-refractivity contribution in [1.29, 1.82) is 0 Å². The normalized spacial score (nSPS) is 21.3. The number of nitrogens with zero attached hydrogens (tertiary/aromatic N) is 4. The first-order chi connectivity index (χ1) is 13.4. The molecule has 5 nitrogen and oxygen atoms in total. The van der Waals surface area contributed by atoms with Crippen molar-refractivity contribution in [3.8, 4) is 0 Å². The molecule has 4 rings (SSSR count). The molecule has 0 aliphatic carbocycles. The molecule has 0 bridgehead atoms. The van der Waals surface area contributed by atoms with Gasteiger partial charge in [-0.1, -0.05) is 30.3 Å². The number of hydrogen-bond donors (Lipinski definition) is 0. The van der Waals surface area contributed by atoms with E-state index < -0.39 is 0 Å². The van der Waals surface area contributed by atoms with Crippen molar-refractivity contribution in [2.24, 2.45) is 0 Å². The summed E-state index contributed by atoms with van der Waals surface area (Å²) in [7, 11) is 0. The third kappa shape index (κ3) is 5.05. The van der Waals surface area contributed by atoms with Gasteiger partial charge < -0.3 is 14.5 Å². The van der Waals surface area contributed by atoms with E-state index in [0.29, 0.717) is 5.92 Å². The van der Waals surface area contributed by atoms with Crippen LogP contribution < -0.4 is 4.90 Å². The number of rotatable bonds is 6.